The van der Waals surface area contributed by atoms with Crippen molar-refractivity contribution in [1.29, 1.82) is 0 Å². The highest BCUT2D eigenvalue weighted by Gasteiger charge is 2.35. The van der Waals surface area contributed by atoms with Gasteiger partial charge < -0.3 is 19.5 Å². The predicted molar refractivity (Wildman–Crippen MR) is 106 cm³/mol. The predicted octanol–water partition coefficient (Wildman–Crippen LogP) is 1.62. The number of carbonyl (C=O) groups excluding carboxylic acids is 2. The van der Waals surface area contributed by atoms with Gasteiger partial charge in [-0.3, -0.25) is 14.4 Å². The smallest absolute Gasteiger partial charge is 0.256 e. The minimum absolute atomic E-state index is 0.00712. The molecule has 1 aliphatic heterocycles. The Morgan fingerprint density at radius 2 is 2.03 bits per heavy atom. The quantitative estimate of drug-likeness (QED) is 0.829. The number of nitrogens with one attached hydrogen (secondary N) is 1. The SMILES string of the molecule is COc1nc2c(cc1CNC(=O)c1ccc(=O)n(C)c1)C(=O)N(C1CCCC1)C2. The Labute approximate surface area is 168 Å². The van der Waals surface area contributed by atoms with E-state index < -0.39 is 0 Å². The average Bonchev–Trinajstić information content (AvgIpc) is 3.35. The summed E-state index contributed by atoms with van der Waals surface area (Å²) in [5, 5.41) is 2.81. The molecular formula is C21H24N4O4. The van der Waals surface area contributed by atoms with Gasteiger partial charge in [-0.25, -0.2) is 4.98 Å². The van der Waals surface area contributed by atoms with Gasteiger partial charge >= 0.3 is 0 Å². The number of aryl methyl sites for hydroxylation is 1. The van der Waals surface area contributed by atoms with Crippen LogP contribution in [0.1, 0.15) is 57.7 Å². The summed E-state index contributed by atoms with van der Waals surface area (Å²) < 4.78 is 6.75. The maximum absolute atomic E-state index is 12.9. The molecule has 152 valence electrons. The van der Waals surface area contributed by atoms with Gasteiger partial charge in [-0.1, -0.05) is 12.8 Å². The van der Waals surface area contributed by atoms with E-state index in [0.29, 0.717) is 29.1 Å². The molecule has 0 radical (unpaired) electrons. The molecule has 0 atom stereocenters. The van der Waals surface area contributed by atoms with Gasteiger partial charge in [0.15, 0.2) is 0 Å². The zero-order valence-electron chi connectivity index (χ0n) is 16.6. The Balaban J connectivity index is 1.52. The summed E-state index contributed by atoms with van der Waals surface area (Å²) in [6, 6.07) is 4.90. The van der Waals surface area contributed by atoms with Gasteiger partial charge in [-0.05, 0) is 25.0 Å². The van der Waals surface area contributed by atoms with E-state index in [-0.39, 0.29) is 30.0 Å². The lowest BCUT2D eigenvalue weighted by atomic mass is 10.1. The van der Waals surface area contributed by atoms with Crippen LogP contribution in [0, 0.1) is 0 Å². The number of hydrogen-bond acceptors (Lipinski definition) is 5. The van der Waals surface area contributed by atoms with Gasteiger partial charge in [0, 0.05) is 37.5 Å². The monoisotopic (exact) mass is 396 g/mol. The Morgan fingerprint density at radius 3 is 2.72 bits per heavy atom. The van der Waals surface area contributed by atoms with Crippen molar-refractivity contribution >= 4 is 11.8 Å². The molecule has 29 heavy (non-hydrogen) atoms. The molecule has 0 unspecified atom stereocenters. The molecule has 8 nitrogen and oxygen atoms in total. The Morgan fingerprint density at radius 1 is 1.28 bits per heavy atom. The van der Waals surface area contributed by atoms with Crippen molar-refractivity contribution in [3.8, 4) is 5.88 Å². The summed E-state index contributed by atoms with van der Waals surface area (Å²) in [6.07, 6.45) is 5.88. The topological polar surface area (TPSA) is 93.5 Å². The van der Waals surface area contributed by atoms with Gasteiger partial charge in [0.1, 0.15) is 0 Å². The lowest BCUT2D eigenvalue weighted by Gasteiger charge is -2.22. The minimum Gasteiger partial charge on any atom is -0.481 e. The fourth-order valence-corrected chi connectivity index (χ4v) is 4.09. The molecule has 1 fully saturated rings. The van der Waals surface area contributed by atoms with Gasteiger partial charge in [0.25, 0.3) is 11.8 Å². The first-order valence-corrected chi connectivity index (χ1v) is 9.80. The van der Waals surface area contributed by atoms with Crippen LogP contribution in [0.4, 0.5) is 0 Å². The number of fused-ring (bicyclic) bond motifs is 1. The summed E-state index contributed by atoms with van der Waals surface area (Å²) in [5.74, 6) is 0.0975. The first kappa shape index (κ1) is 19.2. The van der Waals surface area contributed by atoms with Crippen molar-refractivity contribution in [2.75, 3.05) is 7.11 Å². The van der Waals surface area contributed by atoms with E-state index in [1.807, 2.05) is 4.90 Å². The second-order valence-electron chi connectivity index (χ2n) is 7.57. The highest BCUT2D eigenvalue weighted by molar-refractivity contribution is 5.98. The van der Waals surface area contributed by atoms with E-state index in [1.165, 1.54) is 30.0 Å². The molecule has 0 spiro atoms. The van der Waals surface area contributed by atoms with Gasteiger partial charge in [-0.15, -0.1) is 0 Å². The average molecular weight is 396 g/mol. The molecule has 4 rings (SSSR count). The van der Waals surface area contributed by atoms with Crippen LogP contribution in [0.2, 0.25) is 0 Å². The van der Waals surface area contributed by atoms with Gasteiger partial charge in [0.05, 0.1) is 30.5 Å². The third-order valence-electron chi connectivity index (χ3n) is 5.70. The summed E-state index contributed by atoms with van der Waals surface area (Å²) in [5.41, 5.74) is 2.15. The largest absolute Gasteiger partial charge is 0.481 e. The number of nitrogens with zero attached hydrogens (tertiary/aromatic N) is 3. The highest BCUT2D eigenvalue weighted by atomic mass is 16.5. The fourth-order valence-electron chi connectivity index (χ4n) is 4.09. The lowest BCUT2D eigenvalue weighted by Crippen LogP contribution is -2.33. The van der Waals surface area contributed by atoms with Crippen LogP contribution in [0.25, 0.3) is 0 Å². The third-order valence-corrected chi connectivity index (χ3v) is 5.70. The van der Waals surface area contributed by atoms with Crippen molar-refractivity contribution in [3.05, 3.63) is 57.1 Å². The lowest BCUT2D eigenvalue weighted by molar-refractivity contribution is 0.0706. The highest BCUT2D eigenvalue weighted by Crippen LogP contribution is 2.33. The van der Waals surface area contributed by atoms with Crippen LogP contribution >= 0.6 is 0 Å². The van der Waals surface area contributed by atoms with Crippen LogP contribution in [0.3, 0.4) is 0 Å². The van der Waals surface area contributed by atoms with Crippen molar-refractivity contribution in [2.45, 2.75) is 44.8 Å². The van der Waals surface area contributed by atoms with Gasteiger partial charge in [-0.2, -0.15) is 0 Å². The van der Waals surface area contributed by atoms with E-state index in [1.54, 1.807) is 13.1 Å². The second kappa shape index (κ2) is 7.69. The Bertz CT molecular complexity index is 1020. The normalized spacial score (nSPS) is 16.2. The first-order chi connectivity index (χ1) is 14.0. The number of methoxy groups -OCH3 is 1. The number of rotatable bonds is 5. The summed E-state index contributed by atoms with van der Waals surface area (Å²) in [6.45, 7) is 0.682. The molecule has 0 bridgehead atoms. The third kappa shape index (κ3) is 3.62. The molecule has 0 aromatic carbocycles. The molecule has 1 saturated carbocycles. The molecule has 2 aromatic heterocycles. The molecule has 8 heteroatoms. The van der Waals surface area contributed by atoms with Crippen molar-refractivity contribution < 1.29 is 14.3 Å². The molecule has 1 aliphatic carbocycles. The first-order valence-electron chi connectivity index (χ1n) is 9.80. The van der Waals surface area contributed by atoms with Crippen LogP contribution in [0.5, 0.6) is 5.88 Å². The number of hydrogen-bond donors (Lipinski definition) is 1. The zero-order valence-corrected chi connectivity index (χ0v) is 16.6. The maximum atomic E-state index is 12.9. The van der Waals surface area contributed by atoms with Crippen LogP contribution in [-0.2, 0) is 20.1 Å². The Kier molecular flexibility index (Phi) is 5.08. The minimum atomic E-state index is -0.318. The number of pyridine rings is 2. The molecule has 1 N–H and O–H groups in total. The molecule has 0 saturated heterocycles. The number of aromatic nitrogens is 2. The zero-order chi connectivity index (χ0) is 20.5. The second-order valence-corrected chi connectivity index (χ2v) is 7.57. The molecule has 2 amide bonds. The summed E-state index contributed by atoms with van der Waals surface area (Å²) in [7, 11) is 3.12. The maximum Gasteiger partial charge on any atom is 0.256 e. The molecular weight excluding hydrogens is 372 g/mol. The van der Waals surface area contributed by atoms with Crippen LogP contribution in [0.15, 0.2) is 29.2 Å². The Hall–Kier alpha value is -3.16. The van der Waals surface area contributed by atoms with E-state index in [2.05, 4.69) is 10.3 Å². The van der Waals surface area contributed by atoms with Gasteiger partial charge in [0.2, 0.25) is 11.4 Å². The number of amides is 2. The molecule has 2 aromatic rings. The molecule has 3 heterocycles. The van der Waals surface area contributed by atoms with Crippen LogP contribution in [-0.4, -0.2) is 39.4 Å². The van der Waals surface area contributed by atoms with Crippen molar-refractivity contribution in [1.82, 2.24) is 19.8 Å². The summed E-state index contributed by atoms with van der Waals surface area (Å²) >= 11 is 0. The van der Waals surface area contributed by atoms with Crippen LogP contribution < -0.4 is 15.6 Å². The van der Waals surface area contributed by atoms with Crippen molar-refractivity contribution in [3.63, 3.8) is 0 Å². The summed E-state index contributed by atoms with van der Waals surface area (Å²) in [4.78, 5) is 43.3. The van der Waals surface area contributed by atoms with E-state index in [0.717, 1.165) is 31.4 Å². The number of carbonyl (C=O) groups is 2. The number of ether oxygens (including phenoxy) is 1. The van der Waals surface area contributed by atoms with E-state index in [9.17, 15) is 14.4 Å². The molecule has 2 aliphatic rings. The van der Waals surface area contributed by atoms with Crippen molar-refractivity contribution in [2.24, 2.45) is 7.05 Å². The van der Waals surface area contributed by atoms with E-state index in [4.69, 9.17) is 4.74 Å². The fraction of sp³-hybridized carbons (Fsp3) is 0.429. The van der Waals surface area contributed by atoms with E-state index >= 15 is 0 Å². The standard InChI is InChI=1S/C21H24N4O4/c1-24-11-13(7-8-18(24)26)19(27)22-10-14-9-16-17(23-20(14)29-2)12-25(21(16)28)15-5-3-4-6-15/h7-9,11,15H,3-6,10,12H2,1-2H3,(H,22,27).